The molecule has 0 spiro atoms. The molecular formula is C23H30N4O3S. The third-order valence-corrected chi connectivity index (χ3v) is 6.86. The first-order valence-corrected chi connectivity index (χ1v) is 11.8. The highest BCUT2D eigenvalue weighted by molar-refractivity contribution is 7.92. The van der Waals surface area contributed by atoms with E-state index in [-0.39, 0.29) is 12.5 Å². The highest BCUT2D eigenvalue weighted by Gasteiger charge is 2.19. The van der Waals surface area contributed by atoms with Gasteiger partial charge in [-0.1, -0.05) is 30.3 Å². The van der Waals surface area contributed by atoms with Gasteiger partial charge < -0.3 is 15.1 Å². The summed E-state index contributed by atoms with van der Waals surface area (Å²) in [4.78, 5) is 17.1. The molecule has 166 valence electrons. The predicted octanol–water partition coefficient (Wildman–Crippen LogP) is 2.62. The van der Waals surface area contributed by atoms with E-state index < -0.39 is 10.0 Å². The summed E-state index contributed by atoms with van der Waals surface area (Å²) in [5, 5.41) is 3.95. The van der Waals surface area contributed by atoms with Crippen molar-refractivity contribution in [2.45, 2.75) is 6.92 Å². The highest BCUT2D eigenvalue weighted by atomic mass is 32.2. The summed E-state index contributed by atoms with van der Waals surface area (Å²) < 4.78 is 25.9. The van der Waals surface area contributed by atoms with Gasteiger partial charge in [-0.15, -0.1) is 0 Å². The molecule has 1 N–H and O–H groups in total. The fourth-order valence-electron chi connectivity index (χ4n) is 3.36. The minimum Gasteiger partial charge on any atom is -0.369 e. The predicted molar refractivity (Wildman–Crippen MR) is 127 cm³/mol. The van der Waals surface area contributed by atoms with Crippen LogP contribution < -0.4 is 10.2 Å². The summed E-state index contributed by atoms with van der Waals surface area (Å²) in [7, 11) is -0.183. The van der Waals surface area contributed by atoms with E-state index in [0.29, 0.717) is 5.69 Å². The zero-order valence-electron chi connectivity index (χ0n) is 18.3. The second kappa shape index (κ2) is 10.1. The largest absolute Gasteiger partial charge is 0.369 e. The Balaban J connectivity index is 1.59. The quantitative estimate of drug-likeness (QED) is 0.714. The van der Waals surface area contributed by atoms with Gasteiger partial charge in [0.15, 0.2) is 0 Å². The van der Waals surface area contributed by atoms with Crippen molar-refractivity contribution in [1.29, 1.82) is 0 Å². The number of hydrogen-bond donors (Lipinski definition) is 1. The van der Waals surface area contributed by atoms with Crippen molar-refractivity contribution in [2.75, 3.05) is 57.0 Å². The molecule has 0 atom stereocenters. The zero-order chi connectivity index (χ0) is 22.4. The first-order valence-electron chi connectivity index (χ1n) is 10.3. The van der Waals surface area contributed by atoms with Crippen molar-refractivity contribution in [1.82, 2.24) is 9.21 Å². The molecule has 2 aromatic carbocycles. The number of nitrogens with zero attached hydrogens (tertiary/aromatic N) is 3. The molecule has 1 aliphatic heterocycles. The van der Waals surface area contributed by atoms with Crippen LogP contribution in [0, 0.1) is 6.92 Å². The minimum absolute atomic E-state index is 0.263. The van der Waals surface area contributed by atoms with Gasteiger partial charge in [0.1, 0.15) is 0 Å². The summed E-state index contributed by atoms with van der Waals surface area (Å²) in [6.45, 7) is 5.68. The molecule has 0 saturated carbocycles. The summed E-state index contributed by atoms with van der Waals surface area (Å²) >= 11 is 0. The highest BCUT2D eigenvalue weighted by Crippen LogP contribution is 2.23. The van der Waals surface area contributed by atoms with Gasteiger partial charge in [0, 0.05) is 50.0 Å². The number of benzene rings is 2. The molecule has 0 unspecified atom stereocenters. The molecule has 0 bridgehead atoms. The van der Waals surface area contributed by atoms with Crippen molar-refractivity contribution >= 4 is 33.4 Å². The van der Waals surface area contributed by atoms with Crippen molar-refractivity contribution in [3.63, 3.8) is 0 Å². The molecule has 1 amide bonds. The van der Waals surface area contributed by atoms with Gasteiger partial charge in [-0.05, 0) is 49.4 Å². The molecule has 1 saturated heterocycles. The van der Waals surface area contributed by atoms with Crippen LogP contribution in [-0.4, -0.2) is 70.3 Å². The van der Waals surface area contributed by atoms with Crippen LogP contribution in [0.2, 0.25) is 0 Å². The van der Waals surface area contributed by atoms with Gasteiger partial charge in [-0.3, -0.25) is 4.79 Å². The normalized spacial score (nSPS) is 15.5. The number of nitrogens with one attached hydrogen (secondary N) is 1. The Bertz CT molecular complexity index is 1030. The van der Waals surface area contributed by atoms with E-state index in [1.54, 1.807) is 0 Å². The standard InChI is InChI=1S/C23H30N4O3S/c1-19-17-21(27-14-12-25(2)13-15-27)9-10-22(19)24-23(28)18-26(3)31(29,30)16-11-20-7-5-4-6-8-20/h4-11,16-17H,12-15,18H2,1-3H3,(H,24,28). The molecule has 7 nitrogen and oxygen atoms in total. The van der Waals surface area contributed by atoms with Gasteiger partial charge in [0.05, 0.1) is 6.54 Å². The maximum absolute atomic E-state index is 12.5. The topological polar surface area (TPSA) is 73.0 Å². The van der Waals surface area contributed by atoms with Crippen molar-refractivity contribution < 1.29 is 13.2 Å². The number of carbonyl (C=O) groups excluding carboxylic acids is 1. The Morgan fingerprint density at radius 3 is 2.42 bits per heavy atom. The van der Waals surface area contributed by atoms with Gasteiger partial charge in [-0.25, -0.2) is 8.42 Å². The number of likely N-dealkylation sites (N-methyl/N-ethyl adjacent to an activating group) is 2. The van der Waals surface area contributed by atoms with E-state index in [4.69, 9.17) is 0 Å². The van der Waals surface area contributed by atoms with E-state index in [2.05, 4.69) is 28.2 Å². The molecule has 1 fully saturated rings. The average molecular weight is 443 g/mol. The van der Waals surface area contributed by atoms with Crippen molar-refractivity contribution in [3.8, 4) is 0 Å². The number of amides is 1. The van der Waals surface area contributed by atoms with Crippen LogP contribution >= 0.6 is 0 Å². The summed E-state index contributed by atoms with van der Waals surface area (Å²) in [5.41, 5.74) is 3.54. The molecule has 1 heterocycles. The van der Waals surface area contributed by atoms with Crippen LogP contribution in [0.3, 0.4) is 0 Å². The lowest BCUT2D eigenvalue weighted by atomic mass is 10.1. The van der Waals surface area contributed by atoms with Crippen LogP contribution in [0.4, 0.5) is 11.4 Å². The van der Waals surface area contributed by atoms with E-state index in [1.165, 1.54) is 13.1 Å². The number of carbonyl (C=O) groups is 1. The van der Waals surface area contributed by atoms with Gasteiger partial charge >= 0.3 is 0 Å². The monoisotopic (exact) mass is 442 g/mol. The third-order valence-electron chi connectivity index (χ3n) is 5.39. The molecule has 2 aromatic rings. The molecule has 31 heavy (non-hydrogen) atoms. The molecule has 0 aliphatic carbocycles. The molecule has 1 aliphatic rings. The second-order valence-electron chi connectivity index (χ2n) is 7.85. The maximum Gasteiger partial charge on any atom is 0.239 e. The lowest BCUT2D eigenvalue weighted by Crippen LogP contribution is -2.44. The van der Waals surface area contributed by atoms with Crippen LogP contribution in [0.25, 0.3) is 6.08 Å². The smallest absolute Gasteiger partial charge is 0.239 e. The molecular weight excluding hydrogens is 412 g/mol. The van der Waals surface area contributed by atoms with Gasteiger partial charge in [0.2, 0.25) is 15.9 Å². The first kappa shape index (κ1) is 23.0. The van der Waals surface area contributed by atoms with E-state index >= 15 is 0 Å². The fourth-order valence-corrected chi connectivity index (χ4v) is 4.20. The molecule has 8 heteroatoms. The molecule has 0 aromatic heterocycles. The number of sulfonamides is 1. The second-order valence-corrected chi connectivity index (χ2v) is 9.78. The Morgan fingerprint density at radius 1 is 1.10 bits per heavy atom. The molecule has 0 radical (unpaired) electrons. The maximum atomic E-state index is 12.5. The lowest BCUT2D eigenvalue weighted by Gasteiger charge is -2.34. The van der Waals surface area contributed by atoms with Crippen LogP contribution in [0.5, 0.6) is 0 Å². The van der Waals surface area contributed by atoms with E-state index in [1.807, 2.05) is 49.4 Å². The van der Waals surface area contributed by atoms with E-state index in [9.17, 15) is 13.2 Å². The third kappa shape index (κ3) is 6.40. The Kier molecular flexibility index (Phi) is 7.48. The molecule has 3 rings (SSSR count). The van der Waals surface area contributed by atoms with Crippen LogP contribution in [0.1, 0.15) is 11.1 Å². The summed E-state index contributed by atoms with van der Waals surface area (Å²) in [6, 6.07) is 15.1. The van der Waals surface area contributed by atoms with Gasteiger partial charge in [-0.2, -0.15) is 4.31 Å². The van der Waals surface area contributed by atoms with Gasteiger partial charge in [0.25, 0.3) is 0 Å². The van der Waals surface area contributed by atoms with Crippen LogP contribution in [0.15, 0.2) is 53.9 Å². The zero-order valence-corrected chi connectivity index (χ0v) is 19.1. The summed E-state index contributed by atoms with van der Waals surface area (Å²) in [5.74, 6) is -0.380. The average Bonchev–Trinajstić information content (AvgIpc) is 2.75. The Morgan fingerprint density at radius 2 is 1.77 bits per heavy atom. The number of hydrogen-bond acceptors (Lipinski definition) is 5. The first-order chi connectivity index (χ1) is 14.7. The number of aryl methyl sites for hydroxylation is 1. The fraction of sp³-hybridized carbons (Fsp3) is 0.348. The Hall–Kier alpha value is -2.68. The van der Waals surface area contributed by atoms with Crippen molar-refractivity contribution in [3.05, 3.63) is 65.1 Å². The van der Waals surface area contributed by atoms with E-state index in [0.717, 1.165) is 52.7 Å². The number of rotatable bonds is 7. The summed E-state index contributed by atoms with van der Waals surface area (Å²) in [6.07, 6.45) is 1.52. The lowest BCUT2D eigenvalue weighted by molar-refractivity contribution is -0.116. The minimum atomic E-state index is -3.70. The number of piperazine rings is 1. The van der Waals surface area contributed by atoms with Crippen molar-refractivity contribution in [2.24, 2.45) is 0 Å². The SMILES string of the molecule is Cc1cc(N2CCN(C)CC2)ccc1NC(=O)CN(C)S(=O)(=O)C=Cc1ccccc1. The Labute approximate surface area is 185 Å². The number of anilines is 2. The van der Waals surface area contributed by atoms with Crippen LogP contribution in [-0.2, 0) is 14.8 Å².